The minimum absolute atomic E-state index is 0.189. The van der Waals surface area contributed by atoms with Gasteiger partial charge in [0.05, 0.1) is 12.4 Å². The molecular formula is C17H18F3NO. The van der Waals surface area contributed by atoms with E-state index >= 15 is 0 Å². The van der Waals surface area contributed by atoms with Crippen molar-refractivity contribution in [3.63, 3.8) is 0 Å². The Kier molecular flexibility index (Phi) is 2.85. The zero-order valence-electron chi connectivity index (χ0n) is 19.3. The second-order valence-electron chi connectivity index (χ2n) is 4.27. The van der Waals surface area contributed by atoms with Gasteiger partial charge in [0.15, 0.2) is 0 Å². The van der Waals surface area contributed by atoms with Crippen LogP contribution in [0.2, 0.25) is 0 Å². The normalized spacial score (nSPS) is 20.1. The fraction of sp³-hybridized carbons (Fsp3) is 0.294. The van der Waals surface area contributed by atoms with E-state index < -0.39 is 54.7 Å². The first kappa shape index (κ1) is 8.58. The van der Waals surface area contributed by atoms with E-state index in [4.69, 9.17) is 15.7 Å². The number of ether oxygens (including phenoxy) is 1. The molecule has 0 fully saturated rings. The van der Waals surface area contributed by atoms with Gasteiger partial charge in [-0.1, -0.05) is 30.3 Å². The van der Waals surface area contributed by atoms with Crippen LogP contribution in [0.15, 0.2) is 54.5 Å². The number of halogens is 3. The van der Waals surface area contributed by atoms with Gasteiger partial charge in [-0.3, -0.25) is 0 Å². The number of hydrogen-bond acceptors (Lipinski definition) is 2. The molecule has 2 aromatic carbocycles. The smallest absolute Gasteiger partial charge is 0.416 e. The molecule has 0 aliphatic heterocycles. The molecule has 1 atom stereocenters. The molecule has 0 heterocycles. The molecule has 2 aromatic rings. The average Bonchev–Trinajstić information content (AvgIpc) is 2.62. The Labute approximate surface area is 139 Å². The van der Waals surface area contributed by atoms with Crippen molar-refractivity contribution in [2.45, 2.75) is 18.7 Å². The fourth-order valence-electron chi connectivity index (χ4n) is 1.67. The molecule has 2 rings (SSSR count). The molecule has 0 aromatic heterocycles. The first-order valence-corrected chi connectivity index (χ1v) is 6.34. The van der Waals surface area contributed by atoms with Gasteiger partial charge >= 0.3 is 6.18 Å². The minimum Gasteiger partial charge on any atom is -0.486 e. The molecule has 0 bridgehead atoms. The van der Waals surface area contributed by atoms with Crippen molar-refractivity contribution in [2.24, 2.45) is 0 Å². The van der Waals surface area contributed by atoms with E-state index in [0.717, 1.165) is 0 Å². The molecule has 5 heteroatoms. The van der Waals surface area contributed by atoms with Crippen molar-refractivity contribution < 1.29 is 28.9 Å². The molecule has 22 heavy (non-hydrogen) atoms. The van der Waals surface area contributed by atoms with Crippen LogP contribution in [0.3, 0.4) is 0 Å². The van der Waals surface area contributed by atoms with Crippen LogP contribution in [0, 0.1) is 0 Å². The van der Waals surface area contributed by atoms with Crippen LogP contribution < -0.4 is 10.1 Å². The highest BCUT2D eigenvalue weighted by molar-refractivity contribution is 5.30. The van der Waals surface area contributed by atoms with E-state index in [-0.39, 0.29) is 18.5 Å². The molecule has 0 radical (unpaired) electrons. The highest BCUT2D eigenvalue weighted by atomic mass is 19.4. The van der Waals surface area contributed by atoms with Gasteiger partial charge in [-0.2, -0.15) is 13.2 Å². The average molecular weight is 317 g/mol. The lowest BCUT2D eigenvalue weighted by atomic mass is 10.1. The maximum Gasteiger partial charge on any atom is 0.416 e. The van der Waals surface area contributed by atoms with Crippen molar-refractivity contribution in [3.8, 4) is 5.75 Å². The molecule has 0 saturated carbocycles. The summed E-state index contributed by atoms with van der Waals surface area (Å²) in [6.45, 7) is -2.76. The van der Waals surface area contributed by atoms with Crippen LogP contribution in [0.5, 0.6) is 5.75 Å². The van der Waals surface area contributed by atoms with Gasteiger partial charge in [-0.25, -0.2) is 0 Å². The lowest BCUT2D eigenvalue weighted by Gasteiger charge is -2.20. The summed E-state index contributed by atoms with van der Waals surface area (Å²) in [6.07, 6.45) is -7.51. The summed E-state index contributed by atoms with van der Waals surface area (Å²) in [5, 5.41) is 2.20. The second-order valence-corrected chi connectivity index (χ2v) is 4.27. The van der Waals surface area contributed by atoms with Gasteiger partial charge in [-0.15, -0.1) is 0 Å². The Balaban J connectivity index is 2.53. The lowest BCUT2D eigenvalue weighted by Crippen LogP contribution is -2.16. The SMILES string of the molecule is [2H]c1c([2H])c(C(F)(F)F)c([2H])c([2H])c1OC([2H])(CCNC([2H])([2H])[2H])c1ccccc1. The largest absolute Gasteiger partial charge is 0.486 e. The van der Waals surface area contributed by atoms with E-state index in [1.54, 1.807) is 18.2 Å². The van der Waals surface area contributed by atoms with E-state index in [9.17, 15) is 13.2 Å². The zero-order chi connectivity index (χ0) is 22.9. The molecule has 1 unspecified atom stereocenters. The van der Waals surface area contributed by atoms with Gasteiger partial charge in [-0.05, 0) is 43.3 Å². The predicted octanol–water partition coefficient (Wildman–Crippen LogP) is 4.44. The minimum atomic E-state index is -5.11. The van der Waals surface area contributed by atoms with Gasteiger partial charge in [0, 0.05) is 10.5 Å². The third kappa shape index (κ3) is 4.49. The first-order chi connectivity index (χ1) is 13.7. The Bertz CT molecular complexity index is 876. The Morgan fingerprint density at radius 3 is 2.50 bits per heavy atom. The first-order valence-electron chi connectivity index (χ1n) is 10.3. The van der Waals surface area contributed by atoms with Gasteiger partial charge in [0.2, 0.25) is 0 Å². The molecule has 0 spiro atoms. The van der Waals surface area contributed by atoms with Crippen LogP contribution >= 0.6 is 0 Å². The third-order valence-electron chi connectivity index (χ3n) is 2.68. The third-order valence-corrected chi connectivity index (χ3v) is 2.68. The number of alkyl halides is 3. The fourth-order valence-corrected chi connectivity index (χ4v) is 1.67. The summed E-state index contributed by atoms with van der Waals surface area (Å²) in [4.78, 5) is 0. The van der Waals surface area contributed by atoms with Crippen molar-refractivity contribution in [2.75, 3.05) is 13.5 Å². The lowest BCUT2D eigenvalue weighted by molar-refractivity contribution is -0.137. The van der Waals surface area contributed by atoms with Crippen molar-refractivity contribution in [1.82, 2.24) is 5.32 Å². The Morgan fingerprint density at radius 2 is 1.91 bits per heavy atom. The van der Waals surface area contributed by atoms with Crippen molar-refractivity contribution >= 4 is 0 Å². The molecule has 1 N–H and O–H groups in total. The Morgan fingerprint density at radius 1 is 1.23 bits per heavy atom. The van der Waals surface area contributed by atoms with E-state index in [1.165, 1.54) is 12.1 Å². The molecule has 0 aliphatic carbocycles. The topological polar surface area (TPSA) is 21.3 Å². The van der Waals surface area contributed by atoms with E-state index in [2.05, 4.69) is 5.32 Å². The van der Waals surface area contributed by atoms with Gasteiger partial charge in [0.1, 0.15) is 11.8 Å². The summed E-state index contributed by atoms with van der Waals surface area (Å²) in [7, 11) is 0. The summed E-state index contributed by atoms with van der Waals surface area (Å²) in [5.41, 5.74) is -1.54. The monoisotopic (exact) mass is 317 g/mol. The summed E-state index contributed by atoms with van der Waals surface area (Å²) in [6, 6.07) is 2.83. The number of hydrogen-bond donors (Lipinski definition) is 1. The summed E-state index contributed by atoms with van der Waals surface area (Å²) < 4.78 is 106. The molecule has 2 nitrogen and oxygen atoms in total. The van der Waals surface area contributed by atoms with Crippen LogP contribution in [0.25, 0.3) is 0 Å². The maximum atomic E-state index is 13.1. The molecule has 118 valence electrons. The number of benzene rings is 2. The quantitative estimate of drug-likeness (QED) is 0.851. The van der Waals surface area contributed by atoms with E-state index in [1.807, 2.05) is 0 Å². The van der Waals surface area contributed by atoms with Crippen LogP contribution in [-0.4, -0.2) is 13.5 Å². The maximum absolute atomic E-state index is 13.1. The molecule has 0 saturated heterocycles. The predicted molar refractivity (Wildman–Crippen MR) is 79.8 cm³/mol. The van der Waals surface area contributed by atoms with Crippen molar-refractivity contribution in [3.05, 3.63) is 65.6 Å². The number of nitrogens with one attached hydrogen (secondary N) is 1. The Hall–Kier alpha value is -2.01. The zero-order valence-corrected chi connectivity index (χ0v) is 11.3. The number of rotatable bonds is 6. The summed E-state index contributed by atoms with van der Waals surface area (Å²) >= 11 is 0. The van der Waals surface area contributed by atoms with Gasteiger partial charge in [0.25, 0.3) is 0 Å². The van der Waals surface area contributed by atoms with E-state index in [0.29, 0.717) is 0 Å². The molecule has 0 amide bonds. The highest BCUT2D eigenvalue weighted by Gasteiger charge is 2.30. The van der Waals surface area contributed by atoms with Gasteiger partial charge < -0.3 is 10.1 Å². The molecular weight excluding hydrogens is 291 g/mol. The second kappa shape index (κ2) is 7.31. The highest BCUT2D eigenvalue weighted by Crippen LogP contribution is 2.31. The standard InChI is InChI=1S/C17H18F3NO/c1-21-12-11-16(13-5-3-2-4-6-13)22-15-9-7-14(8-10-15)17(18,19)20/h2-10,16,21H,11-12H2,1H3/i1D3,7D,8D,9D,10D,16D. The van der Waals surface area contributed by atoms with Crippen LogP contribution in [0.4, 0.5) is 13.2 Å². The van der Waals surface area contributed by atoms with Crippen LogP contribution in [-0.2, 0) is 6.18 Å². The summed E-state index contributed by atoms with van der Waals surface area (Å²) in [5.74, 6) is -0.828. The van der Waals surface area contributed by atoms with Crippen molar-refractivity contribution in [1.29, 1.82) is 0 Å². The molecule has 0 aliphatic rings. The van der Waals surface area contributed by atoms with Crippen LogP contribution in [0.1, 0.15) is 34.6 Å².